The number of hydrogen-bond donors (Lipinski definition) is 2. The molecule has 2 saturated heterocycles. The Balaban J connectivity index is 1.83. The van der Waals surface area contributed by atoms with Gasteiger partial charge >= 0.3 is 0 Å². The van der Waals surface area contributed by atoms with E-state index in [1.54, 1.807) is 18.9 Å². The van der Waals surface area contributed by atoms with Crippen molar-refractivity contribution in [2.75, 3.05) is 72.6 Å². The number of ether oxygens (including phenoxy) is 1. The van der Waals surface area contributed by atoms with Crippen molar-refractivity contribution < 1.29 is 19.4 Å². The van der Waals surface area contributed by atoms with E-state index < -0.39 is 5.60 Å². The lowest BCUT2D eigenvalue weighted by molar-refractivity contribution is -0.163. The van der Waals surface area contributed by atoms with Crippen LogP contribution in [-0.4, -0.2) is 110 Å². The Morgan fingerprint density at radius 3 is 2.43 bits per heavy atom. The van der Waals surface area contributed by atoms with Crippen molar-refractivity contribution in [3.8, 4) is 0 Å². The highest BCUT2D eigenvalue weighted by Crippen LogP contribution is 2.18. The Kier molecular flexibility index (Phi) is 6.34. The van der Waals surface area contributed by atoms with Gasteiger partial charge in [0.15, 0.2) is 5.60 Å². The number of rotatable bonds is 5. The molecule has 132 valence electrons. The van der Waals surface area contributed by atoms with E-state index in [-0.39, 0.29) is 25.0 Å². The smallest absolute Gasteiger partial charge is 0.253 e. The molecule has 1 atom stereocenters. The summed E-state index contributed by atoms with van der Waals surface area (Å²) in [6.45, 7) is 7.52. The second-order valence-electron chi connectivity index (χ2n) is 6.32. The minimum absolute atomic E-state index is 0.0408. The fourth-order valence-electron chi connectivity index (χ4n) is 3.09. The summed E-state index contributed by atoms with van der Waals surface area (Å²) in [7, 11) is 1.57. The largest absolute Gasteiger partial charge is 0.395 e. The number of amides is 2. The van der Waals surface area contributed by atoms with Gasteiger partial charge < -0.3 is 20.1 Å². The van der Waals surface area contributed by atoms with Gasteiger partial charge in [0, 0.05) is 46.3 Å². The second kappa shape index (κ2) is 8.05. The molecular weight excluding hydrogens is 300 g/mol. The van der Waals surface area contributed by atoms with Gasteiger partial charge in [-0.25, -0.2) is 0 Å². The average molecular weight is 328 g/mol. The fraction of sp³-hybridized carbons (Fsp3) is 0.867. The van der Waals surface area contributed by atoms with E-state index >= 15 is 0 Å². The molecule has 0 spiro atoms. The van der Waals surface area contributed by atoms with Gasteiger partial charge in [-0.3, -0.25) is 19.4 Å². The maximum atomic E-state index is 12.5. The van der Waals surface area contributed by atoms with E-state index in [0.717, 1.165) is 26.2 Å². The molecule has 2 amide bonds. The zero-order valence-corrected chi connectivity index (χ0v) is 14.1. The van der Waals surface area contributed by atoms with Crippen molar-refractivity contribution in [3.63, 3.8) is 0 Å². The zero-order chi connectivity index (χ0) is 16.9. The Morgan fingerprint density at radius 1 is 1.17 bits per heavy atom. The molecule has 8 heteroatoms. The fourth-order valence-corrected chi connectivity index (χ4v) is 3.09. The molecule has 2 heterocycles. The summed E-state index contributed by atoms with van der Waals surface area (Å²) in [6, 6.07) is 0. The van der Waals surface area contributed by atoms with Gasteiger partial charge in [-0.1, -0.05) is 0 Å². The predicted octanol–water partition coefficient (Wildman–Crippen LogP) is -2.04. The number of carbonyl (C=O) groups is 2. The van der Waals surface area contributed by atoms with Crippen molar-refractivity contribution in [2.45, 2.75) is 12.5 Å². The average Bonchev–Trinajstić information content (AvgIpc) is 2.56. The Labute approximate surface area is 137 Å². The number of nitrogens with zero attached hydrogens (tertiary/aromatic N) is 3. The third-order valence-electron chi connectivity index (χ3n) is 4.57. The van der Waals surface area contributed by atoms with Gasteiger partial charge in [-0.15, -0.1) is 0 Å². The van der Waals surface area contributed by atoms with Crippen molar-refractivity contribution in [3.05, 3.63) is 0 Å². The predicted molar refractivity (Wildman–Crippen MR) is 85.0 cm³/mol. The van der Waals surface area contributed by atoms with Gasteiger partial charge in [0.05, 0.1) is 26.3 Å². The zero-order valence-electron chi connectivity index (χ0n) is 14.1. The van der Waals surface area contributed by atoms with E-state index in [2.05, 4.69) is 15.1 Å². The van der Waals surface area contributed by atoms with E-state index in [1.165, 1.54) is 0 Å². The van der Waals surface area contributed by atoms with Crippen LogP contribution in [0.3, 0.4) is 0 Å². The summed E-state index contributed by atoms with van der Waals surface area (Å²) >= 11 is 0. The first-order valence-corrected chi connectivity index (χ1v) is 8.18. The van der Waals surface area contributed by atoms with Crippen LogP contribution in [0.2, 0.25) is 0 Å². The first-order valence-electron chi connectivity index (χ1n) is 8.18. The van der Waals surface area contributed by atoms with Gasteiger partial charge in [0.1, 0.15) is 0 Å². The van der Waals surface area contributed by atoms with Crippen molar-refractivity contribution in [2.24, 2.45) is 0 Å². The van der Waals surface area contributed by atoms with E-state index in [4.69, 9.17) is 9.84 Å². The van der Waals surface area contributed by atoms with Crippen LogP contribution in [0, 0.1) is 0 Å². The third kappa shape index (κ3) is 4.63. The molecule has 2 aliphatic rings. The van der Waals surface area contributed by atoms with E-state index in [9.17, 15) is 9.59 Å². The number of morpholine rings is 1. The molecule has 0 saturated carbocycles. The van der Waals surface area contributed by atoms with Gasteiger partial charge in [-0.2, -0.15) is 0 Å². The number of aliphatic hydroxyl groups is 1. The SMILES string of the molecule is CNC(=O)C1(C)CN(C(=O)CN2CCN(CCO)CC2)CCO1. The van der Waals surface area contributed by atoms with Crippen LogP contribution in [0.5, 0.6) is 0 Å². The number of likely N-dealkylation sites (N-methyl/N-ethyl adjacent to an activating group) is 1. The number of piperazine rings is 1. The summed E-state index contributed by atoms with van der Waals surface area (Å²) in [6.07, 6.45) is 0. The maximum Gasteiger partial charge on any atom is 0.253 e. The molecule has 1 unspecified atom stereocenters. The normalized spacial score (nSPS) is 27.0. The summed E-state index contributed by atoms with van der Waals surface area (Å²) in [5.74, 6) is -0.161. The van der Waals surface area contributed by atoms with E-state index in [1.807, 2.05) is 0 Å². The van der Waals surface area contributed by atoms with Gasteiger partial charge in [0.2, 0.25) is 5.91 Å². The highest BCUT2D eigenvalue weighted by atomic mass is 16.5. The third-order valence-corrected chi connectivity index (χ3v) is 4.57. The molecule has 2 N–H and O–H groups in total. The van der Waals surface area contributed by atoms with Crippen LogP contribution in [0.25, 0.3) is 0 Å². The lowest BCUT2D eigenvalue weighted by Crippen LogP contribution is -2.60. The molecule has 0 aromatic heterocycles. The molecule has 0 radical (unpaired) electrons. The topological polar surface area (TPSA) is 85.4 Å². The van der Waals surface area contributed by atoms with Crippen molar-refractivity contribution >= 4 is 11.8 Å². The number of nitrogens with one attached hydrogen (secondary N) is 1. The molecule has 2 rings (SSSR count). The maximum absolute atomic E-state index is 12.5. The van der Waals surface area contributed by atoms with Crippen LogP contribution < -0.4 is 5.32 Å². The van der Waals surface area contributed by atoms with Crippen LogP contribution in [0.1, 0.15) is 6.92 Å². The molecule has 8 nitrogen and oxygen atoms in total. The Bertz CT molecular complexity index is 426. The molecule has 2 aliphatic heterocycles. The standard InChI is InChI=1S/C15H28N4O4/c1-15(14(22)16-2)12-19(8-10-23-15)13(21)11-18-5-3-17(4-6-18)7-9-20/h20H,3-12H2,1-2H3,(H,16,22). The number of β-amino-alcohol motifs (C(OH)–C–C–N with tert-alkyl or cyclic N) is 1. The molecule has 2 fully saturated rings. The molecule has 0 aliphatic carbocycles. The van der Waals surface area contributed by atoms with Crippen molar-refractivity contribution in [1.29, 1.82) is 0 Å². The minimum Gasteiger partial charge on any atom is -0.395 e. The molecule has 23 heavy (non-hydrogen) atoms. The lowest BCUT2D eigenvalue weighted by atomic mass is 10.0. The quantitative estimate of drug-likeness (QED) is 0.605. The highest BCUT2D eigenvalue weighted by molar-refractivity contribution is 5.86. The monoisotopic (exact) mass is 328 g/mol. The number of aliphatic hydroxyl groups excluding tert-OH is 1. The highest BCUT2D eigenvalue weighted by Gasteiger charge is 2.40. The van der Waals surface area contributed by atoms with Crippen LogP contribution in [-0.2, 0) is 14.3 Å². The summed E-state index contributed by atoms with van der Waals surface area (Å²) in [5.41, 5.74) is -0.970. The molecule has 0 aromatic rings. The van der Waals surface area contributed by atoms with E-state index in [0.29, 0.717) is 26.2 Å². The lowest BCUT2D eigenvalue weighted by Gasteiger charge is -2.40. The van der Waals surface area contributed by atoms with Crippen LogP contribution in [0.4, 0.5) is 0 Å². The Morgan fingerprint density at radius 2 is 1.83 bits per heavy atom. The molecule has 0 aromatic carbocycles. The minimum atomic E-state index is -0.970. The summed E-state index contributed by atoms with van der Waals surface area (Å²) < 4.78 is 5.58. The molecule has 0 bridgehead atoms. The second-order valence-corrected chi connectivity index (χ2v) is 6.32. The van der Waals surface area contributed by atoms with Gasteiger partial charge in [-0.05, 0) is 6.92 Å². The van der Waals surface area contributed by atoms with Crippen LogP contribution >= 0.6 is 0 Å². The summed E-state index contributed by atoms with van der Waals surface area (Å²) in [4.78, 5) is 30.5. The molecular formula is C15H28N4O4. The van der Waals surface area contributed by atoms with Gasteiger partial charge in [0.25, 0.3) is 5.91 Å². The summed E-state index contributed by atoms with van der Waals surface area (Å²) in [5, 5.41) is 11.5. The first kappa shape index (κ1) is 18.1. The Hall–Kier alpha value is -1.22. The first-order chi connectivity index (χ1) is 11.0. The van der Waals surface area contributed by atoms with Crippen LogP contribution in [0.15, 0.2) is 0 Å². The van der Waals surface area contributed by atoms with Crippen molar-refractivity contribution in [1.82, 2.24) is 20.0 Å². The number of carbonyl (C=O) groups excluding carboxylic acids is 2. The number of hydrogen-bond acceptors (Lipinski definition) is 6.